The number of β-lactam (4-membered cyclic amide) rings is 1. The molecule has 2 heterocycles. The van der Waals surface area contributed by atoms with Crippen molar-refractivity contribution < 1.29 is 22.8 Å². The third-order valence-electron chi connectivity index (χ3n) is 4.80. The number of carbonyl (C=O) groups is 3. The van der Waals surface area contributed by atoms with Crippen LogP contribution in [0.4, 0.5) is 0 Å². The Balaban J connectivity index is 1.54. The first-order chi connectivity index (χ1) is 13.3. The number of carbonyl (C=O) groups excluding carboxylic acids is 3. The van der Waals surface area contributed by atoms with Crippen molar-refractivity contribution in [3.05, 3.63) is 77.5 Å². The van der Waals surface area contributed by atoms with Gasteiger partial charge in [-0.15, -0.1) is 0 Å². The number of hydrogen-bond acceptors (Lipinski definition) is 5. The zero-order valence-corrected chi connectivity index (χ0v) is 15.2. The molecule has 142 valence electrons. The van der Waals surface area contributed by atoms with E-state index >= 15 is 0 Å². The Morgan fingerprint density at radius 1 is 0.929 bits per heavy atom. The van der Waals surface area contributed by atoms with E-state index in [2.05, 4.69) is 5.32 Å². The summed E-state index contributed by atoms with van der Waals surface area (Å²) in [6, 6.07) is 12.0. The van der Waals surface area contributed by atoms with Gasteiger partial charge in [0.2, 0.25) is 15.9 Å². The minimum Gasteiger partial charge on any atom is -0.348 e. The topological polar surface area (TPSA) is 127 Å². The average Bonchev–Trinajstić information content (AvgIpc) is 2.91. The number of hydrogen-bond donors (Lipinski definition) is 2. The monoisotopic (exact) mass is 397 g/mol. The van der Waals surface area contributed by atoms with Crippen LogP contribution in [-0.4, -0.2) is 31.0 Å². The van der Waals surface area contributed by atoms with Gasteiger partial charge in [-0.1, -0.05) is 30.3 Å². The molecule has 0 radical (unpaired) electrons. The second-order valence-electron chi connectivity index (χ2n) is 6.49. The quantitative estimate of drug-likeness (QED) is 0.586. The van der Waals surface area contributed by atoms with Gasteiger partial charge in [0.1, 0.15) is 0 Å². The smallest absolute Gasteiger partial charge is 0.265 e. The van der Waals surface area contributed by atoms with Crippen molar-refractivity contribution in [2.24, 2.45) is 11.1 Å². The van der Waals surface area contributed by atoms with Gasteiger partial charge in [0.15, 0.2) is 0 Å². The van der Waals surface area contributed by atoms with Crippen molar-refractivity contribution in [3.63, 3.8) is 0 Å². The van der Waals surface area contributed by atoms with E-state index in [1.54, 1.807) is 36.4 Å². The van der Waals surface area contributed by atoms with Gasteiger partial charge in [0.05, 0.1) is 28.0 Å². The fourth-order valence-corrected chi connectivity index (χ4v) is 3.79. The van der Waals surface area contributed by atoms with Crippen LogP contribution >= 0.6 is 0 Å². The molecule has 0 aliphatic carbocycles. The van der Waals surface area contributed by atoms with E-state index in [1.807, 2.05) is 0 Å². The van der Waals surface area contributed by atoms with Crippen LogP contribution in [0.15, 0.2) is 65.7 Å². The van der Waals surface area contributed by atoms with Crippen LogP contribution in [0.5, 0.6) is 0 Å². The van der Waals surface area contributed by atoms with Crippen LogP contribution in [0.25, 0.3) is 0 Å². The maximum absolute atomic E-state index is 12.4. The van der Waals surface area contributed by atoms with Crippen molar-refractivity contribution >= 4 is 27.7 Å². The molecule has 9 heteroatoms. The summed E-state index contributed by atoms with van der Waals surface area (Å²) in [5.74, 6) is -1.73. The first kappa shape index (κ1) is 18.1. The lowest BCUT2D eigenvalue weighted by atomic mass is 9.85. The summed E-state index contributed by atoms with van der Waals surface area (Å²) in [4.78, 5) is 37.7. The lowest BCUT2D eigenvalue weighted by Gasteiger charge is -2.35. The van der Waals surface area contributed by atoms with Crippen LogP contribution in [-0.2, 0) is 14.8 Å². The van der Waals surface area contributed by atoms with Gasteiger partial charge in [-0.25, -0.2) is 18.5 Å². The van der Waals surface area contributed by atoms with Crippen LogP contribution in [0.1, 0.15) is 32.3 Å². The fourth-order valence-electron chi connectivity index (χ4n) is 3.27. The summed E-state index contributed by atoms with van der Waals surface area (Å²) < 4.78 is 22.7. The Hall–Kier alpha value is -3.30. The lowest BCUT2D eigenvalue weighted by Crippen LogP contribution is -2.50. The number of imide groups is 1. The molecule has 28 heavy (non-hydrogen) atoms. The number of benzene rings is 2. The summed E-state index contributed by atoms with van der Waals surface area (Å²) in [6.45, 7) is 0. The largest absolute Gasteiger partial charge is 0.348 e. The van der Waals surface area contributed by atoms with E-state index in [9.17, 15) is 22.8 Å². The minimum absolute atomic E-state index is 0.0278. The van der Waals surface area contributed by atoms with Crippen LogP contribution in [0.3, 0.4) is 0 Å². The summed E-state index contributed by atoms with van der Waals surface area (Å²) >= 11 is 0. The van der Waals surface area contributed by atoms with Crippen molar-refractivity contribution in [2.75, 3.05) is 0 Å². The molecule has 0 saturated carbocycles. The molecule has 3 amide bonds. The molecule has 0 bridgehead atoms. The number of amides is 3. The normalized spacial score (nSPS) is 21.6. The first-order valence-electron chi connectivity index (χ1n) is 8.36. The highest BCUT2D eigenvalue weighted by molar-refractivity contribution is 7.89. The summed E-state index contributed by atoms with van der Waals surface area (Å²) in [5, 5.41) is 7.80. The molecule has 2 atom stereocenters. The lowest BCUT2D eigenvalue weighted by molar-refractivity contribution is -0.132. The van der Waals surface area contributed by atoms with Gasteiger partial charge in [0.25, 0.3) is 11.8 Å². The van der Waals surface area contributed by atoms with E-state index in [0.717, 1.165) is 4.90 Å². The van der Waals surface area contributed by atoms with Crippen LogP contribution in [0.2, 0.25) is 0 Å². The minimum atomic E-state index is -3.80. The SMILES string of the molecule is NS(=O)(=O)c1ccc(C2NC(=O)C2/C=C\N2C(=O)c3ccccc3C2=O)cc1. The Bertz CT molecular complexity index is 1100. The van der Waals surface area contributed by atoms with Crippen molar-refractivity contribution in [1.82, 2.24) is 10.2 Å². The Labute approximate surface area is 160 Å². The van der Waals surface area contributed by atoms with Gasteiger partial charge < -0.3 is 5.32 Å². The molecule has 1 fully saturated rings. The van der Waals surface area contributed by atoms with Gasteiger partial charge in [-0.05, 0) is 29.8 Å². The van der Waals surface area contributed by atoms with Crippen molar-refractivity contribution in [3.8, 4) is 0 Å². The molecule has 0 spiro atoms. The van der Waals surface area contributed by atoms with E-state index < -0.39 is 33.8 Å². The second kappa shape index (κ2) is 6.39. The number of rotatable bonds is 4. The third kappa shape index (κ3) is 2.90. The average molecular weight is 397 g/mol. The van der Waals surface area contributed by atoms with E-state index in [-0.39, 0.29) is 10.8 Å². The Morgan fingerprint density at radius 3 is 2.00 bits per heavy atom. The van der Waals surface area contributed by atoms with Gasteiger partial charge >= 0.3 is 0 Å². The molecular formula is C19H15N3O5S. The molecule has 3 N–H and O–H groups in total. The highest BCUT2D eigenvalue weighted by Gasteiger charge is 2.40. The van der Waals surface area contributed by atoms with Crippen molar-refractivity contribution in [2.45, 2.75) is 10.9 Å². The molecule has 2 unspecified atom stereocenters. The molecule has 8 nitrogen and oxygen atoms in total. The Kier molecular flexibility index (Phi) is 4.13. The summed E-state index contributed by atoms with van der Waals surface area (Å²) in [6.07, 6.45) is 2.82. The van der Waals surface area contributed by atoms with E-state index in [0.29, 0.717) is 16.7 Å². The number of nitrogens with two attached hydrogens (primary N) is 1. The predicted molar refractivity (Wildman–Crippen MR) is 98.3 cm³/mol. The zero-order chi connectivity index (χ0) is 20.1. The van der Waals surface area contributed by atoms with Gasteiger partial charge in [-0.3, -0.25) is 14.4 Å². The van der Waals surface area contributed by atoms with Gasteiger partial charge in [0, 0.05) is 6.20 Å². The molecule has 2 aliphatic rings. The standard InChI is InChI=1S/C19H15N3O5S/c20-28(26,27)12-7-5-11(6-8-12)16-15(17(23)21-16)9-10-22-18(24)13-3-1-2-4-14(13)19(22)25/h1-10,15-16H,(H,21,23)(H2,20,26,27)/b10-9-. The van der Waals surface area contributed by atoms with Gasteiger partial charge in [-0.2, -0.15) is 0 Å². The highest BCUT2D eigenvalue weighted by Crippen LogP contribution is 2.32. The number of nitrogens with zero attached hydrogens (tertiary/aromatic N) is 1. The summed E-state index contributed by atoms with van der Waals surface area (Å²) in [7, 11) is -3.80. The molecule has 4 rings (SSSR count). The first-order valence-corrected chi connectivity index (χ1v) is 9.90. The molecule has 2 aromatic rings. The maximum atomic E-state index is 12.4. The molecule has 1 saturated heterocycles. The Morgan fingerprint density at radius 2 is 1.50 bits per heavy atom. The van der Waals surface area contributed by atoms with E-state index in [4.69, 9.17) is 5.14 Å². The molecule has 2 aromatic carbocycles. The molecule has 0 aromatic heterocycles. The number of nitrogens with one attached hydrogen (secondary N) is 1. The molecule has 2 aliphatic heterocycles. The van der Waals surface area contributed by atoms with E-state index in [1.165, 1.54) is 24.4 Å². The highest BCUT2D eigenvalue weighted by atomic mass is 32.2. The molecular weight excluding hydrogens is 382 g/mol. The summed E-state index contributed by atoms with van der Waals surface area (Å²) in [5.41, 5.74) is 1.33. The fraction of sp³-hybridized carbons (Fsp3) is 0.105. The van der Waals surface area contributed by atoms with Crippen LogP contribution < -0.4 is 10.5 Å². The van der Waals surface area contributed by atoms with Crippen LogP contribution in [0, 0.1) is 5.92 Å². The third-order valence-corrected chi connectivity index (χ3v) is 5.72. The number of sulfonamides is 1. The second-order valence-corrected chi connectivity index (χ2v) is 8.05. The zero-order valence-electron chi connectivity index (χ0n) is 14.4. The number of primary sulfonamides is 1. The van der Waals surface area contributed by atoms with Crippen molar-refractivity contribution in [1.29, 1.82) is 0 Å². The predicted octanol–water partition coefficient (Wildman–Crippen LogP) is 0.931. The maximum Gasteiger partial charge on any atom is 0.265 e. The number of fused-ring (bicyclic) bond motifs is 1.